The van der Waals surface area contributed by atoms with Gasteiger partial charge in [-0.25, -0.2) is 0 Å². The molecule has 0 aromatic heterocycles. The van der Waals surface area contributed by atoms with Gasteiger partial charge < -0.3 is 5.73 Å². The van der Waals surface area contributed by atoms with Gasteiger partial charge in [0.15, 0.2) is 0 Å². The molecule has 0 aromatic rings. The van der Waals surface area contributed by atoms with E-state index in [0.717, 1.165) is 5.92 Å². The van der Waals surface area contributed by atoms with Gasteiger partial charge in [-0.1, -0.05) is 13.8 Å². The van der Waals surface area contributed by atoms with Crippen LogP contribution < -0.4 is 5.73 Å². The molecule has 0 spiro atoms. The number of fused-ring (bicyclic) bond motifs is 1. The second-order valence-electron chi connectivity index (χ2n) is 6.13. The highest BCUT2D eigenvalue weighted by Crippen LogP contribution is 2.67. The average molecular weight is 177 g/mol. The van der Waals surface area contributed by atoms with Crippen molar-refractivity contribution >= 4 is 0 Å². The lowest BCUT2D eigenvalue weighted by Crippen LogP contribution is -2.23. The van der Waals surface area contributed by atoms with Gasteiger partial charge in [0.25, 0.3) is 0 Å². The summed E-state index contributed by atoms with van der Waals surface area (Å²) in [6.45, 7) is 4.91. The molecule has 3 rings (SSSR count). The normalized spacial score (nSPS) is 53.2. The molecular weight excluding hydrogens is 158 g/mol. The van der Waals surface area contributed by atoms with E-state index in [0.29, 0.717) is 10.8 Å². The molecule has 0 heterocycles. The lowest BCUT2D eigenvalue weighted by Gasteiger charge is -2.31. The van der Waals surface area contributed by atoms with Crippen LogP contribution in [0.15, 0.2) is 11.3 Å². The van der Waals surface area contributed by atoms with Crippen LogP contribution in [0.2, 0.25) is 0 Å². The van der Waals surface area contributed by atoms with Crippen LogP contribution in [-0.2, 0) is 0 Å². The maximum atomic E-state index is 6.16. The summed E-state index contributed by atoms with van der Waals surface area (Å²) < 4.78 is 0. The summed E-state index contributed by atoms with van der Waals surface area (Å²) in [6.07, 6.45) is 6.69. The third-order valence-electron chi connectivity index (χ3n) is 4.78. The highest BCUT2D eigenvalue weighted by Gasteiger charge is 2.56. The summed E-state index contributed by atoms with van der Waals surface area (Å²) in [5, 5.41) is 0. The standard InChI is InChI=1S/C12H19N/c1-11-5-9-8(10(13)6-11)3-4-12(9,2)7-11/h9H,3-7,13H2,1-2H3. The minimum atomic E-state index is 0.549. The Kier molecular flexibility index (Phi) is 1.19. The molecule has 0 aliphatic heterocycles. The first-order valence-electron chi connectivity index (χ1n) is 5.50. The third kappa shape index (κ3) is 0.832. The fourth-order valence-corrected chi connectivity index (χ4v) is 4.40. The molecule has 3 aliphatic rings. The summed E-state index contributed by atoms with van der Waals surface area (Å²) in [7, 11) is 0. The SMILES string of the molecule is CC12CC(N)=C3CCC(C)(C1)C3C2. The molecule has 1 heteroatoms. The lowest BCUT2D eigenvalue weighted by atomic mass is 9.76. The summed E-state index contributed by atoms with van der Waals surface area (Å²) in [6, 6.07) is 0. The molecule has 2 saturated carbocycles. The van der Waals surface area contributed by atoms with Crippen molar-refractivity contribution in [1.29, 1.82) is 0 Å². The van der Waals surface area contributed by atoms with Crippen molar-refractivity contribution < 1.29 is 0 Å². The second kappa shape index (κ2) is 1.97. The van der Waals surface area contributed by atoms with Crippen molar-refractivity contribution in [2.24, 2.45) is 22.5 Å². The Morgan fingerprint density at radius 3 is 2.92 bits per heavy atom. The highest BCUT2D eigenvalue weighted by molar-refractivity contribution is 5.31. The molecule has 0 saturated heterocycles. The predicted octanol–water partition coefficient (Wildman–Crippen LogP) is 2.82. The Labute approximate surface area is 80.4 Å². The number of nitrogens with two attached hydrogens (primary N) is 1. The number of hydrogen-bond donors (Lipinski definition) is 1. The van der Waals surface area contributed by atoms with Crippen LogP contribution in [-0.4, -0.2) is 0 Å². The van der Waals surface area contributed by atoms with Crippen molar-refractivity contribution in [2.45, 2.75) is 46.0 Å². The number of hydrogen-bond acceptors (Lipinski definition) is 1. The molecule has 72 valence electrons. The molecule has 3 atom stereocenters. The summed E-state index contributed by atoms with van der Waals surface area (Å²) in [4.78, 5) is 0. The third-order valence-corrected chi connectivity index (χ3v) is 4.78. The Morgan fingerprint density at radius 1 is 1.38 bits per heavy atom. The predicted molar refractivity (Wildman–Crippen MR) is 54.0 cm³/mol. The van der Waals surface area contributed by atoms with Gasteiger partial charge >= 0.3 is 0 Å². The Morgan fingerprint density at radius 2 is 2.15 bits per heavy atom. The quantitative estimate of drug-likeness (QED) is 0.605. The maximum Gasteiger partial charge on any atom is 0.00809 e. The number of rotatable bonds is 0. The van der Waals surface area contributed by atoms with Crippen LogP contribution in [0.5, 0.6) is 0 Å². The largest absolute Gasteiger partial charge is 0.402 e. The first kappa shape index (κ1) is 7.90. The van der Waals surface area contributed by atoms with E-state index in [1.807, 2.05) is 0 Å². The molecule has 2 fully saturated rings. The van der Waals surface area contributed by atoms with Gasteiger partial charge in [-0.15, -0.1) is 0 Å². The smallest absolute Gasteiger partial charge is 0.00809 e. The van der Waals surface area contributed by atoms with Crippen molar-refractivity contribution in [3.05, 3.63) is 11.3 Å². The summed E-state index contributed by atoms with van der Waals surface area (Å²) in [5.74, 6) is 0.853. The van der Waals surface area contributed by atoms with E-state index < -0.39 is 0 Å². The molecule has 3 aliphatic carbocycles. The Bertz CT molecular complexity index is 304. The first-order valence-corrected chi connectivity index (χ1v) is 5.50. The summed E-state index contributed by atoms with van der Waals surface area (Å²) in [5.41, 5.74) is 10.2. The molecule has 3 unspecified atom stereocenters. The van der Waals surface area contributed by atoms with Crippen molar-refractivity contribution in [1.82, 2.24) is 0 Å². The molecule has 13 heavy (non-hydrogen) atoms. The van der Waals surface area contributed by atoms with E-state index in [9.17, 15) is 0 Å². The minimum Gasteiger partial charge on any atom is -0.402 e. The molecule has 1 nitrogen and oxygen atoms in total. The van der Waals surface area contributed by atoms with Gasteiger partial charge in [-0.3, -0.25) is 0 Å². The fourth-order valence-electron chi connectivity index (χ4n) is 4.40. The van der Waals surface area contributed by atoms with Gasteiger partial charge in [0, 0.05) is 5.70 Å². The Hall–Kier alpha value is -0.460. The summed E-state index contributed by atoms with van der Waals surface area (Å²) >= 11 is 0. The van der Waals surface area contributed by atoms with Crippen LogP contribution in [0, 0.1) is 16.7 Å². The molecular formula is C12H19N. The molecule has 0 amide bonds. The zero-order valence-corrected chi connectivity index (χ0v) is 8.69. The van der Waals surface area contributed by atoms with Crippen LogP contribution >= 0.6 is 0 Å². The molecule has 0 aromatic carbocycles. The van der Waals surface area contributed by atoms with E-state index >= 15 is 0 Å². The lowest BCUT2D eigenvalue weighted by molar-refractivity contribution is 0.251. The minimum absolute atomic E-state index is 0.549. The second-order valence-corrected chi connectivity index (χ2v) is 6.13. The van der Waals surface area contributed by atoms with Crippen LogP contribution in [0.4, 0.5) is 0 Å². The van der Waals surface area contributed by atoms with Gasteiger partial charge in [-0.05, 0) is 54.4 Å². The van der Waals surface area contributed by atoms with E-state index in [1.165, 1.54) is 37.8 Å². The fraction of sp³-hybridized carbons (Fsp3) is 0.833. The number of allylic oxidation sites excluding steroid dienone is 2. The van der Waals surface area contributed by atoms with E-state index in [1.54, 1.807) is 5.57 Å². The van der Waals surface area contributed by atoms with Crippen molar-refractivity contribution in [3.63, 3.8) is 0 Å². The van der Waals surface area contributed by atoms with E-state index in [2.05, 4.69) is 13.8 Å². The monoisotopic (exact) mass is 177 g/mol. The zero-order valence-electron chi connectivity index (χ0n) is 8.69. The molecule has 2 N–H and O–H groups in total. The van der Waals surface area contributed by atoms with Crippen molar-refractivity contribution in [3.8, 4) is 0 Å². The van der Waals surface area contributed by atoms with Gasteiger partial charge in [-0.2, -0.15) is 0 Å². The van der Waals surface area contributed by atoms with Crippen LogP contribution in [0.1, 0.15) is 46.0 Å². The Balaban J connectivity index is 2.15. The first-order chi connectivity index (χ1) is 6.03. The topological polar surface area (TPSA) is 26.0 Å². The van der Waals surface area contributed by atoms with Crippen LogP contribution in [0.3, 0.4) is 0 Å². The van der Waals surface area contributed by atoms with E-state index in [-0.39, 0.29) is 0 Å². The van der Waals surface area contributed by atoms with Gasteiger partial charge in [0.05, 0.1) is 0 Å². The van der Waals surface area contributed by atoms with Gasteiger partial charge in [0.1, 0.15) is 0 Å². The highest BCUT2D eigenvalue weighted by atomic mass is 14.7. The zero-order chi connectivity index (χ0) is 9.27. The molecule has 0 radical (unpaired) electrons. The van der Waals surface area contributed by atoms with E-state index in [4.69, 9.17) is 5.73 Å². The van der Waals surface area contributed by atoms with Crippen LogP contribution in [0.25, 0.3) is 0 Å². The van der Waals surface area contributed by atoms with Gasteiger partial charge in [0.2, 0.25) is 0 Å². The average Bonchev–Trinajstić information content (AvgIpc) is 2.35. The molecule has 2 bridgehead atoms. The van der Waals surface area contributed by atoms with Crippen molar-refractivity contribution in [2.75, 3.05) is 0 Å². The maximum absolute atomic E-state index is 6.16.